The van der Waals surface area contributed by atoms with Gasteiger partial charge < -0.3 is 14.7 Å². The highest BCUT2D eigenvalue weighted by Crippen LogP contribution is 2.58. The average molecular weight is 571 g/mol. The molecular weight excluding hydrogens is 524 g/mol. The number of pyridine rings is 1. The van der Waals surface area contributed by atoms with Gasteiger partial charge in [-0.2, -0.15) is 5.10 Å². The fraction of sp³-hybridized carbons (Fsp3) is 0.571. The lowest BCUT2D eigenvalue weighted by atomic mass is 9.51. The highest BCUT2D eigenvalue weighted by molar-refractivity contribution is 5.95. The Bertz CT molecular complexity index is 1400. The predicted octanol–water partition coefficient (Wildman–Crippen LogP) is 7.02. The maximum Gasteiger partial charge on any atom is 0.230 e. The molecule has 2 heterocycles. The molecule has 4 fully saturated rings. The fourth-order valence-corrected chi connectivity index (χ4v) is 7.82. The number of benzene rings is 1. The van der Waals surface area contributed by atoms with Gasteiger partial charge >= 0.3 is 0 Å². The molecule has 3 aromatic rings. The summed E-state index contributed by atoms with van der Waals surface area (Å²) in [5.74, 6) is 1.10. The number of anilines is 1. The van der Waals surface area contributed by atoms with Crippen LogP contribution in [0, 0.1) is 18.3 Å². The molecule has 0 spiro atoms. The van der Waals surface area contributed by atoms with E-state index in [0.717, 1.165) is 80.5 Å². The third-order valence-corrected chi connectivity index (χ3v) is 10.7. The molecule has 2 bridgehead atoms. The van der Waals surface area contributed by atoms with Gasteiger partial charge in [-0.25, -0.2) is 0 Å². The fourth-order valence-electron chi connectivity index (χ4n) is 7.82. The Morgan fingerprint density at radius 1 is 1.02 bits per heavy atom. The number of carbonyl (C=O) groups is 1. The molecule has 0 aliphatic heterocycles. The van der Waals surface area contributed by atoms with E-state index in [9.17, 15) is 9.90 Å². The third kappa shape index (κ3) is 5.48. The molecule has 7 heteroatoms. The van der Waals surface area contributed by atoms with Crippen LogP contribution in [0.1, 0.15) is 95.2 Å². The number of methoxy groups -OCH3 is 1. The van der Waals surface area contributed by atoms with Crippen LogP contribution in [0.5, 0.6) is 5.75 Å². The van der Waals surface area contributed by atoms with Crippen molar-refractivity contribution < 1.29 is 14.6 Å². The summed E-state index contributed by atoms with van der Waals surface area (Å²) in [6.07, 6.45) is 17.1. The lowest BCUT2D eigenvalue weighted by Crippen LogP contribution is -2.51. The van der Waals surface area contributed by atoms with Crippen molar-refractivity contribution in [2.75, 3.05) is 18.6 Å². The van der Waals surface area contributed by atoms with E-state index in [0.29, 0.717) is 12.8 Å². The molecule has 4 saturated carbocycles. The number of rotatable bonds is 8. The highest BCUT2D eigenvalue weighted by atomic mass is 16.5. The monoisotopic (exact) mass is 570 g/mol. The molecule has 1 amide bonds. The number of ether oxygens (including phenoxy) is 1. The van der Waals surface area contributed by atoms with E-state index in [-0.39, 0.29) is 34.8 Å². The maximum absolute atomic E-state index is 14.3. The number of carbonyl (C=O) groups excluding carboxylic acids is 1. The quantitative estimate of drug-likeness (QED) is 0.315. The minimum Gasteiger partial charge on any atom is -0.496 e. The standard InChI is InChI=1S/C35H46N4O3/c1-24(2)39-22-28(20-37-39)27-18-30(21-36-19-27)38(33(41)26-5-8-31(40)9-6-26)23-34-11-14-35(15-12-34,16-13-34)29-7-10-32(42-4)25(3)17-29/h7,10,17-22,24,26,31,40H,5-6,8-9,11-16,23H2,1-4H3/t26-,31-,34?,35?. The average Bonchev–Trinajstić information content (AvgIpc) is 3.52. The number of hydrogen-bond acceptors (Lipinski definition) is 5. The van der Waals surface area contributed by atoms with E-state index >= 15 is 0 Å². The molecule has 224 valence electrons. The molecule has 4 aliphatic rings. The molecule has 7 rings (SSSR count). The van der Waals surface area contributed by atoms with Gasteiger partial charge in [0.05, 0.1) is 31.3 Å². The van der Waals surface area contributed by atoms with Crippen molar-refractivity contribution in [3.05, 3.63) is 60.2 Å². The summed E-state index contributed by atoms with van der Waals surface area (Å²) in [4.78, 5) is 21.0. The third-order valence-electron chi connectivity index (χ3n) is 10.7. The van der Waals surface area contributed by atoms with Crippen LogP contribution >= 0.6 is 0 Å². The Hall–Kier alpha value is -3.19. The van der Waals surface area contributed by atoms with Crippen LogP contribution < -0.4 is 9.64 Å². The van der Waals surface area contributed by atoms with Crippen molar-refractivity contribution >= 4 is 11.6 Å². The van der Waals surface area contributed by atoms with Crippen molar-refractivity contribution in [2.24, 2.45) is 11.3 Å². The minimum atomic E-state index is -0.282. The van der Waals surface area contributed by atoms with Gasteiger partial charge in [-0.15, -0.1) is 0 Å². The van der Waals surface area contributed by atoms with E-state index in [1.807, 2.05) is 23.3 Å². The number of fused-ring (bicyclic) bond motifs is 3. The van der Waals surface area contributed by atoms with Gasteiger partial charge in [0.25, 0.3) is 0 Å². The van der Waals surface area contributed by atoms with Crippen LogP contribution in [0.4, 0.5) is 5.69 Å². The van der Waals surface area contributed by atoms with Crippen molar-refractivity contribution in [3.63, 3.8) is 0 Å². The summed E-state index contributed by atoms with van der Waals surface area (Å²) in [5.41, 5.74) is 5.86. The smallest absolute Gasteiger partial charge is 0.230 e. The van der Waals surface area contributed by atoms with Gasteiger partial charge in [-0.3, -0.25) is 14.5 Å². The van der Waals surface area contributed by atoms with Crippen molar-refractivity contribution in [1.82, 2.24) is 14.8 Å². The summed E-state index contributed by atoms with van der Waals surface area (Å²) in [6.45, 7) is 7.11. The number of nitrogens with zero attached hydrogens (tertiary/aromatic N) is 4. The first-order valence-electron chi connectivity index (χ1n) is 15.9. The van der Waals surface area contributed by atoms with Crippen molar-refractivity contribution in [2.45, 2.75) is 103 Å². The summed E-state index contributed by atoms with van der Waals surface area (Å²) >= 11 is 0. The van der Waals surface area contributed by atoms with Gasteiger partial charge in [0.15, 0.2) is 0 Å². The van der Waals surface area contributed by atoms with Crippen LogP contribution in [0.2, 0.25) is 0 Å². The first-order chi connectivity index (χ1) is 20.2. The zero-order chi connectivity index (χ0) is 29.5. The summed E-state index contributed by atoms with van der Waals surface area (Å²) in [5, 5.41) is 14.7. The van der Waals surface area contributed by atoms with Crippen LogP contribution in [0.25, 0.3) is 11.1 Å². The molecule has 1 N–H and O–H groups in total. The van der Waals surface area contributed by atoms with E-state index in [1.54, 1.807) is 7.11 Å². The Morgan fingerprint density at radius 2 is 1.74 bits per heavy atom. The Kier molecular flexibility index (Phi) is 7.90. The van der Waals surface area contributed by atoms with Gasteiger partial charge in [0.1, 0.15) is 5.75 Å². The van der Waals surface area contributed by atoms with Gasteiger partial charge in [0, 0.05) is 42.0 Å². The van der Waals surface area contributed by atoms with Crippen molar-refractivity contribution in [3.8, 4) is 16.9 Å². The molecule has 0 radical (unpaired) electrons. The summed E-state index contributed by atoms with van der Waals surface area (Å²) in [6, 6.07) is 9.14. The van der Waals surface area contributed by atoms with E-state index in [2.05, 4.69) is 66.2 Å². The lowest BCUT2D eigenvalue weighted by molar-refractivity contribution is -0.124. The molecule has 0 saturated heterocycles. The molecule has 0 atom stereocenters. The number of aliphatic hydroxyl groups is 1. The molecule has 2 aromatic heterocycles. The van der Waals surface area contributed by atoms with E-state index < -0.39 is 0 Å². The highest BCUT2D eigenvalue weighted by Gasteiger charge is 2.50. The van der Waals surface area contributed by atoms with Gasteiger partial charge in [-0.05, 0) is 119 Å². The normalized spacial score (nSPS) is 27.3. The Balaban J connectivity index is 1.27. The first-order valence-corrected chi connectivity index (χ1v) is 15.9. The van der Waals surface area contributed by atoms with E-state index in [1.165, 1.54) is 11.1 Å². The molecule has 42 heavy (non-hydrogen) atoms. The van der Waals surface area contributed by atoms with Gasteiger partial charge in [-0.1, -0.05) is 12.1 Å². The Morgan fingerprint density at radius 3 is 2.36 bits per heavy atom. The predicted molar refractivity (Wildman–Crippen MR) is 166 cm³/mol. The lowest BCUT2D eigenvalue weighted by Gasteiger charge is -2.55. The maximum atomic E-state index is 14.3. The summed E-state index contributed by atoms with van der Waals surface area (Å²) in [7, 11) is 1.74. The SMILES string of the molecule is COc1ccc(C23CCC(CN(c4cncc(-c5cnn(C(C)C)c5)c4)C(=O)[C@H]4CC[C@H](O)CC4)(CC2)CC3)cc1C. The van der Waals surface area contributed by atoms with Crippen LogP contribution in [-0.2, 0) is 10.2 Å². The number of amides is 1. The van der Waals surface area contributed by atoms with Crippen molar-refractivity contribution in [1.29, 1.82) is 0 Å². The molecule has 0 unspecified atom stereocenters. The Labute approximate surface area is 250 Å². The molecule has 4 aliphatic carbocycles. The minimum absolute atomic E-state index is 0.0503. The zero-order valence-electron chi connectivity index (χ0n) is 25.7. The van der Waals surface area contributed by atoms with Crippen LogP contribution in [-0.4, -0.2) is 45.5 Å². The molecule has 1 aromatic carbocycles. The van der Waals surface area contributed by atoms with E-state index in [4.69, 9.17) is 4.74 Å². The second-order valence-corrected chi connectivity index (χ2v) is 13.6. The molecular formula is C35H46N4O3. The number of aryl methyl sites for hydroxylation is 1. The zero-order valence-corrected chi connectivity index (χ0v) is 25.7. The number of aliphatic hydroxyl groups excluding tert-OH is 1. The van der Waals surface area contributed by atoms with Crippen LogP contribution in [0.15, 0.2) is 49.1 Å². The number of aromatic nitrogens is 3. The summed E-state index contributed by atoms with van der Waals surface area (Å²) < 4.78 is 7.49. The molecule has 7 nitrogen and oxygen atoms in total. The number of hydrogen-bond donors (Lipinski definition) is 1. The first kappa shape index (κ1) is 28.9. The van der Waals surface area contributed by atoms with Crippen LogP contribution in [0.3, 0.4) is 0 Å². The van der Waals surface area contributed by atoms with Gasteiger partial charge in [0.2, 0.25) is 5.91 Å². The second-order valence-electron chi connectivity index (χ2n) is 13.6. The second kappa shape index (κ2) is 11.5. The largest absolute Gasteiger partial charge is 0.496 e. The topological polar surface area (TPSA) is 80.5 Å².